The maximum Gasteiger partial charge on any atom is 0.0255 e. The highest BCUT2D eigenvalue weighted by molar-refractivity contribution is 9.09. The normalized spacial score (nSPS) is 26.0. The molecule has 0 aromatic heterocycles. The first-order chi connectivity index (χ1) is 10.3. The smallest absolute Gasteiger partial charge is 0.0255 e. The summed E-state index contributed by atoms with van der Waals surface area (Å²) in [7, 11) is 0. The standard InChI is InChI=1S/C20H21Br/c21-19-13-12-15-7-2-4-10-17(15)20(19)18-11-5-8-14-6-1-3-9-16(14)18/h1,3,5-6,8-9,11,19-20H,2,4,7,10,12-13H2. The molecule has 0 nitrogen and oxygen atoms in total. The number of benzene rings is 2. The van der Waals surface area contributed by atoms with Crippen molar-refractivity contribution in [2.75, 3.05) is 0 Å². The van der Waals surface area contributed by atoms with Gasteiger partial charge in [0.2, 0.25) is 0 Å². The number of alkyl halides is 1. The minimum atomic E-state index is 0.583. The lowest BCUT2D eigenvalue weighted by Crippen LogP contribution is -2.23. The van der Waals surface area contributed by atoms with Crippen LogP contribution >= 0.6 is 15.9 Å². The maximum absolute atomic E-state index is 4.01. The first-order valence-corrected chi connectivity index (χ1v) is 9.08. The van der Waals surface area contributed by atoms with E-state index < -0.39 is 0 Å². The van der Waals surface area contributed by atoms with Gasteiger partial charge in [0.25, 0.3) is 0 Å². The number of rotatable bonds is 1. The van der Waals surface area contributed by atoms with Crippen molar-refractivity contribution < 1.29 is 0 Å². The average Bonchev–Trinajstić information content (AvgIpc) is 2.54. The summed E-state index contributed by atoms with van der Waals surface area (Å²) in [5.41, 5.74) is 5.06. The van der Waals surface area contributed by atoms with E-state index in [-0.39, 0.29) is 0 Å². The summed E-state index contributed by atoms with van der Waals surface area (Å²) in [5, 5.41) is 2.81. The molecule has 2 aromatic rings. The van der Waals surface area contributed by atoms with Crippen molar-refractivity contribution in [1.29, 1.82) is 0 Å². The first kappa shape index (κ1) is 13.6. The van der Waals surface area contributed by atoms with Crippen LogP contribution in [0.1, 0.15) is 50.0 Å². The van der Waals surface area contributed by atoms with Gasteiger partial charge in [0.1, 0.15) is 0 Å². The Morgan fingerprint density at radius 3 is 2.62 bits per heavy atom. The first-order valence-electron chi connectivity index (χ1n) is 8.17. The fraction of sp³-hybridized carbons (Fsp3) is 0.400. The van der Waals surface area contributed by atoms with Crippen molar-refractivity contribution >= 4 is 26.7 Å². The van der Waals surface area contributed by atoms with Gasteiger partial charge in [-0.2, -0.15) is 0 Å². The molecule has 21 heavy (non-hydrogen) atoms. The van der Waals surface area contributed by atoms with Crippen LogP contribution in [0.3, 0.4) is 0 Å². The summed E-state index contributed by atoms with van der Waals surface area (Å²) in [6.45, 7) is 0. The molecular weight excluding hydrogens is 320 g/mol. The summed E-state index contributed by atoms with van der Waals surface area (Å²) in [6.07, 6.45) is 8.02. The predicted octanol–water partition coefficient (Wildman–Crippen LogP) is 6.35. The van der Waals surface area contributed by atoms with Gasteiger partial charge in [-0.1, -0.05) is 69.5 Å². The minimum absolute atomic E-state index is 0.583. The largest absolute Gasteiger partial charge is 0.0880 e. The molecule has 0 saturated heterocycles. The Hall–Kier alpha value is -1.08. The molecule has 0 bridgehead atoms. The predicted molar refractivity (Wildman–Crippen MR) is 94.1 cm³/mol. The van der Waals surface area contributed by atoms with Crippen molar-refractivity contribution in [3.8, 4) is 0 Å². The van der Waals surface area contributed by atoms with Crippen LogP contribution in [0.15, 0.2) is 53.6 Å². The van der Waals surface area contributed by atoms with E-state index in [1.807, 2.05) is 0 Å². The summed E-state index contributed by atoms with van der Waals surface area (Å²) in [6, 6.07) is 15.7. The van der Waals surface area contributed by atoms with Gasteiger partial charge in [-0.25, -0.2) is 0 Å². The third-order valence-corrected chi connectivity index (χ3v) is 6.23. The van der Waals surface area contributed by atoms with E-state index in [0.717, 1.165) is 0 Å². The number of hydrogen-bond acceptors (Lipinski definition) is 0. The molecule has 0 saturated carbocycles. The van der Waals surface area contributed by atoms with Crippen LogP contribution in [-0.4, -0.2) is 4.83 Å². The SMILES string of the molecule is BrC1CCC2=C(CCCC2)C1c1cccc2ccccc12. The monoisotopic (exact) mass is 340 g/mol. The zero-order valence-corrected chi connectivity index (χ0v) is 13.9. The molecule has 0 heterocycles. The molecule has 0 N–H and O–H groups in total. The lowest BCUT2D eigenvalue weighted by Gasteiger charge is -2.36. The molecule has 108 valence electrons. The van der Waals surface area contributed by atoms with E-state index in [9.17, 15) is 0 Å². The van der Waals surface area contributed by atoms with Gasteiger partial charge in [-0.3, -0.25) is 0 Å². The van der Waals surface area contributed by atoms with Crippen LogP contribution < -0.4 is 0 Å². The molecule has 0 fully saturated rings. The topological polar surface area (TPSA) is 0 Å². The minimum Gasteiger partial charge on any atom is -0.0880 e. The lowest BCUT2D eigenvalue weighted by molar-refractivity contribution is 0.532. The summed E-state index contributed by atoms with van der Waals surface area (Å²) >= 11 is 4.01. The fourth-order valence-electron chi connectivity index (χ4n) is 4.25. The van der Waals surface area contributed by atoms with Crippen LogP contribution in [0.5, 0.6) is 0 Å². The van der Waals surface area contributed by atoms with Gasteiger partial charge in [-0.05, 0) is 54.9 Å². The Balaban J connectivity index is 1.89. The molecule has 4 rings (SSSR count). The van der Waals surface area contributed by atoms with E-state index in [1.54, 1.807) is 11.1 Å². The Morgan fingerprint density at radius 1 is 0.857 bits per heavy atom. The molecule has 2 atom stereocenters. The van der Waals surface area contributed by atoms with Crippen molar-refractivity contribution in [3.05, 3.63) is 59.2 Å². The number of hydrogen-bond donors (Lipinski definition) is 0. The van der Waals surface area contributed by atoms with E-state index >= 15 is 0 Å². The van der Waals surface area contributed by atoms with Crippen LogP contribution in [0, 0.1) is 0 Å². The van der Waals surface area contributed by atoms with Crippen molar-refractivity contribution in [1.82, 2.24) is 0 Å². The van der Waals surface area contributed by atoms with Crippen LogP contribution in [0.4, 0.5) is 0 Å². The zero-order chi connectivity index (χ0) is 14.2. The Morgan fingerprint density at radius 2 is 1.67 bits per heavy atom. The van der Waals surface area contributed by atoms with E-state index in [0.29, 0.717) is 10.7 Å². The second-order valence-corrected chi connectivity index (χ2v) is 7.61. The summed E-state index contributed by atoms with van der Waals surface area (Å²) < 4.78 is 0. The average molecular weight is 341 g/mol. The van der Waals surface area contributed by atoms with Crippen LogP contribution in [0.2, 0.25) is 0 Å². The fourth-order valence-corrected chi connectivity index (χ4v) is 5.09. The molecule has 1 heteroatoms. The van der Waals surface area contributed by atoms with Gasteiger partial charge in [-0.15, -0.1) is 0 Å². The van der Waals surface area contributed by atoms with Crippen LogP contribution in [-0.2, 0) is 0 Å². The molecule has 0 amide bonds. The van der Waals surface area contributed by atoms with E-state index in [1.165, 1.54) is 54.9 Å². The highest BCUT2D eigenvalue weighted by Gasteiger charge is 2.32. The molecule has 2 aromatic carbocycles. The van der Waals surface area contributed by atoms with E-state index in [4.69, 9.17) is 0 Å². The molecule has 2 aliphatic rings. The molecule has 0 spiro atoms. The Bertz CT molecular complexity index is 693. The van der Waals surface area contributed by atoms with Gasteiger partial charge in [0.05, 0.1) is 0 Å². The molecule has 0 aliphatic heterocycles. The second-order valence-electron chi connectivity index (χ2n) is 6.44. The number of allylic oxidation sites excluding steroid dienone is 2. The lowest BCUT2D eigenvalue weighted by atomic mass is 9.72. The van der Waals surface area contributed by atoms with Gasteiger partial charge >= 0.3 is 0 Å². The third-order valence-electron chi connectivity index (χ3n) is 5.25. The van der Waals surface area contributed by atoms with Gasteiger partial charge < -0.3 is 0 Å². The van der Waals surface area contributed by atoms with Crippen molar-refractivity contribution in [2.45, 2.75) is 49.3 Å². The molecular formula is C20H21Br. The zero-order valence-electron chi connectivity index (χ0n) is 12.3. The maximum atomic E-state index is 4.01. The highest BCUT2D eigenvalue weighted by atomic mass is 79.9. The quantitative estimate of drug-likeness (QED) is 0.419. The third kappa shape index (κ3) is 2.36. The molecule has 2 unspecified atom stereocenters. The number of fused-ring (bicyclic) bond motifs is 1. The number of halogens is 1. The van der Waals surface area contributed by atoms with Crippen LogP contribution in [0.25, 0.3) is 10.8 Å². The molecule has 2 aliphatic carbocycles. The Labute approximate surface area is 135 Å². The summed E-state index contributed by atoms with van der Waals surface area (Å²) in [5.74, 6) is 0.583. The summed E-state index contributed by atoms with van der Waals surface area (Å²) in [4.78, 5) is 0.597. The van der Waals surface area contributed by atoms with Crippen molar-refractivity contribution in [3.63, 3.8) is 0 Å². The Kier molecular flexibility index (Phi) is 3.62. The van der Waals surface area contributed by atoms with Gasteiger partial charge in [0, 0.05) is 10.7 Å². The highest BCUT2D eigenvalue weighted by Crippen LogP contribution is 2.48. The van der Waals surface area contributed by atoms with E-state index in [2.05, 4.69) is 58.4 Å². The van der Waals surface area contributed by atoms with Gasteiger partial charge in [0.15, 0.2) is 0 Å². The van der Waals surface area contributed by atoms with Crippen molar-refractivity contribution in [2.24, 2.45) is 0 Å². The molecule has 0 radical (unpaired) electrons. The second kappa shape index (κ2) is 5.61.